The Morgan fingerprint density at radius 3 is 2.54 bits per heavy atom. The van der Waals surface area contributed by atoms with Crippen LogP contribution in [0, 0.1) is 0 Å². The first-order valence-electron chi connectivity index (χ1n) is 8.81. The Kier molecular flexibility index (Phi) is 4.36. The number of amides is 1. The van der Waals surface area contributed by atoms with Gasteiger partial charge in [-0.1, -0.05) is 84.9 Å². The van der Waals surface area contributed by atoms with Gasteiger partial charge >= 0.3 is 0 Å². The molecule has 1 aliphatic heterocycles. The minimum absolute atomic E-state index is 0.0389. The Balaban J connectivity index is 1.67. The molecule has 0 saturated heterocycles. The summed E-state index contributed by atoms with van der Waals surface area (Å²) < 4.78 is 0. The van der Waals surface area contributed by atoms with Crippen LogP contribution in [0.2, 0.25) is 0 Å². The lowest BCUT2D eigenvalue weighted by molar-refractivity contribution is -0.129. The molecule has 0 bridgehead atoms. The molecular weight excluding hydrogens is 320 g/mol. The van der Waals surface area contributed by atoms with Gasteiger partial charge in [-0.3, -0.25) is 4.79 Å². The topological polar surface area (TPSA) is 32.7 Å². The fourth-order valence-corrected chi connectivity index (χ4v) is 3.41. The summed E-state index contributed by atoms with van der Waals surface area (Å²) in [5.41, 5.74) is 3.18. The zero-order chi connectivity index (χ0) is 17.9. The van der Waals surface area contributed by atoms with Crippen molar-refractivity contribution in [3.05, 3.63) is 90.0 Å². The summed E-state index contributed by atoms with van der Waals surface area (Å²) in [6.45, 7) is 1.57. The summed E-state index contributed by atoms with van der Waals surface area (Å²) in [5.74, 6) is -0.0389. The largest absolute Gasteiger partial charge is 0.273 e. The summed E-state index contributed by atoms with van der Waals surface area (Å²) in [7, 11) is 0. The monoisotopic (exact) mass is 340 g/mol. The molecule has 3 heteroatoms. The maximum atomic E-state index is 12.1. The van der Waals surface area contributed by atoms with Crippen LogP contribution >= 0.6 is 0 Å². The van der Waals surface area contributed by atoms with E-state index in [1.807, 2.05) is 36.4 Å². The summed E-state index contributed by atoms with van der Waals surface area (Å²) in [5, 5.41) is 8.60. The minimum Gasteiger partial charge on any atom is -0.273 e. The van der Waals surface area contributed by atoms with Crippen LogP contribution in [0.1, 0.15) is 24.5 Å². The molecule has 0 spiro atoms. The van der Waals surface area contributed by atoms with Gasteiger partial charge in [0.15, 0.2) is 0 Å². The van der Waals surface area contributed by atoms with E-state index in [9.17, 15) is 4.79 Å². The minimum atomic E-state index is -0.0540. The van der Waals surface area contributed by atoms with E-state index in [4.69, 9.17) is 0 Å². The van der Waals surface area contributed by atoms with Crippen molar-refractivity contribution in [3.63, 3.8) is 0 Å². The van der Waals surface area contributed by atoms with E-state index in [2.05, 4.69) is 53.7 Å². The quantitative estimate of drug-likeness (QED) is 0.669. The SMILES string of the molecule is CC(=O)N1N=C(c2cccc3ccccc23)CC1/C=C/c1ccccc1. The van der Waals surface area contributed by atoms with Gasteiger partial charge in [0.25, 0.3) is 0 Å². The molecule has 0 fully saturated rings. The highest BCUT2D eigenvalue weighted by Crippen LogP contribution is 2.26. The van der Waals surface area contributed by atoms with E-state index in [0.29, 0.717) is 0 Å². The van der Waals surface area contributed by atoms with Crippen molar-refractivity contribution >= 4 is 28.5 Å². The van der Waals surface area contributed by atoms with E-state index in [0.717, 1.165) is 23.3 Å². The van der Waals surface area contributed by atoms with E-state index >= 15 is 0 Å². The molecule has 26 heavy (non-hydrogen) atoms. The Bertz CT molecular complexity index is 1000. The first kappa shape index (κ1) is 16.3. The van der Waals surface area contributed by atoms with Crippen molar-refractivity contribution in [2.75, 3.05) is 0 Å². The second-order valence-electron chi connectivity index (χ2n) is 6.48. The zero-order valence-corrected chi connectivity index (χ0v) is 14.7. The molecule has 0 aliphatic carbocycles. The lowest BCUT2D eigenvalue weighted by atomic mass is 9.97. The molecule has 128 valence electrons. The molecule has 3 aromatic rings. The second-order valence-corrected chi connectivity index (χ2v) is 6.48. The summed E-state index contributed by atoms with van der Waals surface area (Å²) in [4.78, 5) is 12.1. The van der Waals surface area contributed by atoms with Crippen molar-refractivity contribution in [3.8, 4) is 0 Å². The van der Waals surface area contributed by atoms with Gasteiger partial charge in [0, 0.05) is 18.9 Å². The molecule has 1 unspecified atom stereocenters. The van der Waals surface area contributed by atoms with Crippen molar-refractivity contribution < 1.29 is 4.79 Å². The third kappa shape index (κ3) is 3.16. The van der Waals surface area contributed by atoms with Crippen LogP contribution in [0.3, 0.4) is 0 Å². The van der Waals surface area contributed by atoms with Crippen LogP contribution in [0.5, 0.6) is 0 Å². The first-order chi connectivity index (χ1) is 12.7. The Labute approximate surface area is 153 Å². The van der Waals surface area contributed by atoms with Crippen LogP contribution in [0.25, 0.3) is 16.8 Å². The molecule has 1 amide bonds. The number of carbonyl (C=O) groups is 1. The number of nitrogens with zero attached hydrogens (tertiary/aromatic N) is 2. The van der Waals surface area contributed by atoms with Crippen LogP contribution in [0.15, 0.2) is 84.0 Å². The molecule has 0 saturated carbocycles. The number of benzene rings is 3. The Morgan fingerprint density at radius 2 is 1.73 bits per heavy atom. The molecule has 3 aromatic carbocycles. The van der Waals surface area contributed by atoms with Crippen molar-refractivity contribution in [1.82, 2.24) is 5.01 Å². The zero-order valence-electron chi connectivity index (χ0n) is 14.7. The van der Waals surface area contributed by atoms with Crippen molar-refractivity contribution in [2.45, 2.75) is 19.4 Å². The Hall–Kier alpha value is -3.20. The van der Waals surface area contributed by atoms with Gasteiger partial charge in [0.05, 0.1) is 11.8 Å². The van der Waals surface area contributed by atoms with Crippen LogP contribution in [-0.2, 0) is 4.79 Å². The maximum Gasteiger partial charge on any atom is 0.240 e. The highest BCUT2D eigenvalue weighted by Gasteiger charge is 2.28. The third-order valence-corrected chi connectivity index (χ3v) is 4.68. The highest BCUT2D eigenvalue weighted by atomic mass is 16.2. The number of carbonyl (C=O) groups excluding carboxylic acids is 1. The van der Waals surface area contributed by atoms with Crippen LogP contribution in [0.4, 0.5) is 0 Å². The molecule has 0 aromatic heterocycles. The van der Waals surface area contributed by atoms with Gasteiger partial charge < -0.3 is 0 Å². The number of hydrazone groups is 1. The fourth-order valence-electron chi connectivity index (χ4n) is 3.41. The van der Waals surface area contributed by atoms with Crippen LogP contribution < -0.4 is 0 Å². The van der Waals surface area contributed by atoms with E-state index < -0.39 is 0 Å². The molecule has 0 radical (unpaired) electrons. The van der Waals surface area contributed by atoms with E-state index in [1.165, 1.54) is 10.8 Å². The maximum absolute atomic E-state index is 12.1. The van der Waals surface area contributed by atoms with Gasteiger partial charge in [0.1, 0.15) is 0 Å². The Morgan fingerprint density at radius 1 is 1.00 bits per heavy atom. The standard InChI is InChI=1S/C23H20N2O/c1-17(26)25-20(15-14-18-8-3-2-4-9-18)16-23(24-25)22-13-7-11-19-10-5-6-12-21(19)22/h2-15,20H,16H2,1H3/b15-14+. The summed E-state index contributed by atoms with van der Waals surface area (Å²) in [6, 6.07) is 24.6. The number of fused-ring (bicyclic) bond motifs is 1. The lowest BCUT2D eigenvalue weighted by Crippen LogP contribution is -2.29. The smallest absolute Gasteiger partial charge is 0.240 e. The van der Waals surface area contributed by atoms with Crippen molar-refractivity contribution in [2.24, 2.45) is 5.10 Å². The van der Waals surface area contributed by atoms with Crippen LogP contribution in [-0.4, -0.2) is 22.7 Å². The highest BCUT2D eigenvalue weighted by molar-refractivity contribution is 6.12. The lowest BCUT2D eigenvalue weighted by Gasteiger charge is -2.16. The predicted octanol–water partition coefficient (Wildman–Crippen LogP) is 4.88. The number of hydrogen-bond acceptors (Lipinski definition) is 2. The molecule has 3 nitrogen and oxygen atoms in total. The molecule has 0 N–H and O–H groups in total. The average Bonchev–Trinajstić information content (AvgIpc) is 3.11. The molecule has 1 atom stereocenters. The number of rotatable bonds is 3. The first-order valence-corrected chi connectivity index (χ1v) is 8.81. The van der Waals surface area contributed by atoms with Crippen molar-refractivity contribution in [1.29, 1.82) is 0 Å². The molecular formula is C23H20N2O. The normalized spacial score (nSPS) is 17.0. The summed E-state index contributed by atoms with van der Waals surface area (Å²) in [6.07, 6.45) is 4.84. The second kappa shape index (κ2) is 6.96. The third-order valence-electron chi connectivity index (χ3n) is 4.68. The molecule has 1 heterocycles. The predicted molar refractivity (Wildman–Crippen MR) is 107 cm³/mol. The van der Waals surface area contributed by atoms with Gasteiger partial charge in [0.2, 0.25) is 5.91 Å². The van der Waals surface area contributed by atoms with Gasteiger partial charge in [-0.15, -0.1) is 0 Å². The molecule has 4 rings (SSSR count). The average molecular weight is 340 g/mol. The molecule has 1 aliphatic rings. The van der Waals surface area contributed by atoms with Gasteiger partial charge in [-0.25, -0.2) is 5.01 Å². The number of hydrogen-bond donors (Lipinski definition) is 0. The van der Waals surface area contributed by atoms with Gasteiger partial charge in [-0.2, -0.15) is 5.10 Å². The summed E-state index contributed by atoms with van der Waals surface area (Å²) >= 11 is 0. The van der Waals surface area contributed by atoms with Gasteiger partial charge in [-0.05, 0) is 16.3 Å². The van der Waals surface area contributed by atoms with E-state index in [1.54, 1.807) is 11.9 Å². The fraction of sp³-hybridized carbons (Fsp3) is 0.130. The van der Waals surface area contributed by atoms with E-state index in [-0.39, 0.29) is 11.9 Å².